The molecule has 0 aromatic carbocycles. The van der Waals surface area contributed by atoms with Gasteiger partial charge in [-0.1, -0.05) is 0 Å². The third-order valence-corrected chi connectivity index (χ3v) is 1.39. The second-order valence-corrected chi connectivity index (χ2v) is 2.44. The normalized spacial score (nSPS) is 23.1. The summed E-state index contributed by atoms with van der Waals surface area (Å²) in [6.07, 6.45) is 1.94. The van der Waals surface area contributed by atoms with Gasteiger partial charge in [-0.25, -0.2) is 4.79 Å². The third-order valence-electron chi connectivity index (χ3n) is 1.39. The Labute approximate surface area is 66.0 Å². The van der Waals surface area contributed by atoms with Crippen molar-refractivity contribution in [3.8, 4) is 0 Å². The number of esters is 1. The Hall–Kier alpha value is -0.830. The van der Waals surface area contributed by atoms with Crippen molar-refractivity contribution in [1.29, 1.82) is 0 Å². The van der Waals surface area contributed by atoms with Crippen molar-refractivity contribution in [2.45, 2.75) is 20.0 Å². The maximum atomic E-state index is 11.0. The van der Waals surface area contributed by atoms with Crippen LogP contribution in [0.15, 0.2) is 11.6 Å². The SMILES string of the molecule is CCOC(=O)/C(C)=C/[C@H]1CO1. The lowest BCUT2D eigenvalue weighted by atomic mass is 10.2. The fourth-order valence-electron chi connectivity index (χ4n) is 0.744. The smallest absolute Gasteiger partial charge is 0.333 e. The van der Waals surface area contributed by atoms with Crippen molar-refractivity contribution in [3.05, 3.63) is 11.6 Å². The number of ether oxygens (including phenoxy) is 2. The molecule has 1 aliphatic heterocycles. The number of hydrogen-bond donors (Lipinski definition) is 0. The molecule has 1 atom stereocenters. The highest BCUT2D eigenvalue weighted by Gasteiger charge is 2.20. The molecule has 0 radical (unpaired) electrons. The zero-order valence-electron chi connectivity index (χ0n) is 6.79. The first-order valence-corrected chi connectivity index (χ1v) is 3.71. The summed E-state index contributed by atoms with van der Waals surface area (Å²) in [6.45, 7) is 4.69. The van der Waals surface area contributed by atoms with Gasteiger partial charge in [0, 0.05) is 5.57 Å². The van der Waals surface area contributed by atoms with Crippen LogP contribution in [0.25, 0.3) is 0 Å². The predicted octanol–water partition coefficient (Wildman–Crippen LogP) is 0.895. The van der Waals surface area contributed by atoms with E-state index < -0.39 is 0 Å². The van der Waals surface area contributed by atoms with Gasteiger partial charge in [0.15, 0.2) is 0 Å². The van der Waals surface area contributed by atoms with Crippen molar-refractivity contribution in [2.75, 3.05) is 13.2 Å². The van der Waals surface area contributed by atoms with Crippen molar-refractivity contribution in [1.82, 2.24) is 0 Å². The molecule has 1 heterocycles. The molecule has 1 aliphatic rings. The summed E-state index contributed by atoms with van der Waals surface area (Å²) in [4.78, 5) is 11.0. The Balaban J connectivity index is 2.37. The highest BCUT2D eigenvalue weighted by atomic mass is 16.6. The molecular weight excluding hydrogens is 144 g/mol. The zero-order chi connectivity index (χ0) is 8.27. The van der Waals surface area contributed by atoms with Crippen LogP contribution in [0.5, 0.6) is 0 Å². The molecule has 0 amide bonds. The van der Waals surface area contributed by atoms with Gasteiger partial charge in [0.05, 0.1) is 19.3 Å². The van der Waals surface area contributed by atoms with Crippen LogP contribution in [0.2, 0.25) is 0 Å². The predicted molar refractivity (Wildman–Crippen MR) is 40.1 cm³/mol. The Morgan fingerprint density at radius 3 is 2.91 bits per heavy atom. The van der Waals surface area contributed by atoms with E-state index in [1.807, 2.05) is 0 Å². The van der Waals surface area contributed by atoms with Crippen LogP contribution in [-0.2, 0) is 14.3 Å². The van der Waals surface area contributed by atoms with Crippen molar-refractivity contribution >= 4 is 5.97 Å². The van der Waals surface area contributed by atoms with Crippen LogP contribution in [0.3, 0.4) is 0 Å². The van der Waals surface area contributed by atoms with Crippen LogP contribution in [-0.4, -0.2) is 25.3 Å². The monoisotopic (exact) mass is 156 g/mol. The van der Waals surface area contributed by atoms with E-state index in [-0.39, 0.29) is 12.1 Å². The van der Waals surface area contributed by atoms with E-state index in [4.69, 9.17) is 9.47 Å². The quantitative estimate of drug-likeness (QED) is 0.346. The maximum absolute atomic E-state index is 11.0. The molecule has 1 saturated heterocycles. The average Bonchev–Trinajstić information content (AvgIpc) is 2.72. The van der Waals surface area contributed by atoms with Crippen LogP contribution >= 0.6 is 0 Å². The molecule has 62 valence electrons. The molecule has 0 unspecified atom stereocenters. The number of carbonyl (C=O) groups is 1. The molecule has 0 aliphatic carbocycles. The number of carbonyl (C=O) groups excluding carboxylic acids is 1. The van der Waals surface area contributed by atoms with Gasteiger partial charge in [-0.3, -0.25) is 0 Å². The highest BCUT2D eigenvalue weighted by molar-refractivity contribution is 5.87. The molecule has 3 heteroatoms. The second kappa shape index (κ2) is 3.53. The Bertz CT molecular complexity index is 180. The van der Waals surface area contributed by atoms with E-state index in [0.717, 1.165) is 6.61 Å². The summed E-state index contributed by atoms with van der Waals surface area (Å²) in [5, 5.41) is 0. The van der Waals surface area contributed by atoms with Gasteiger partial charge in [0.2, 0.25) is 0 Å². The summed E-state index contributed by atoms with van der Waals surface area (Å²) in [5.41, 5.74) is 0.634. The minimum Gasteiger partial charge on any atom is -0.463 e. The summed E-state index contributed by atoms with van der Waals surface area (Å²) >= 11 is 0. The third kappa shape index (κ3) is 2.72. The summed E-state index contributed by atoms with van der Waals surface area (Å²) in [7, 11) is 0. The van der Waals surface area contributed by atoms with E-state index in [2.05, 4.69) is 0 Å². The fraction of sp³-hybridized carbons (Fsp3) is 0.625. The highest BCUT2D eigenvalue weighted by Crippen LogP contribution is 2.13. The van der Waals surface area contributed by atoms with Crippen LogP contribution in [0, 0.1) is 0 Å². The first-order chi connectivity index (χ1) is 5.24. The van der Waals surface area contributed by atoms with Crippen molar-refractivity contribution < 1.29 is 14.3 Å². The molecule has 11 heavy (non-hydrogen) atoms. The van der Waals surface area contributed by atoms with E-state index in [1.54, 1.807) is 19.9 Å². The van der Waals surface area contributed by atoms with E-state index >= 15 is 0 Å². The molecule has 0 aromatic rings. The number of hydrogen-bond acceptors (Lipinski definition) is 3. The first kappa shape index (κ1) is 8.27. The Kier molecular flexibility index (Phi) is 2.65. The lowest BCUT2D eigenvalue weighted by Crippen LogP contribution is -2.05. The lowest BCUT2D eigenvalue weighted by Gasteiger charge is -1.99. The summed E-state index contributed by atoms with van der Waals surface area (Å²) < 4.78 is 9.69. The van der Waals surface area contributed by atoms with Crippen molar-refractivity contribution in [2.24, 2.45) is 0 Å². The Morgan fingerprint density at radius 1 is 1.82 bits per heavy atom. The van der Waals surface area contributed by atoms with Gasteiger partial charge >= 0.3 is 5.97 Å². The largest absolute Gasteiger partial charge is 0.463 e. The minimum absolute atomic E-state index is 0.152. The van der Waals surface area contributed by atoms with Gasteiger partial charge in [0.1, 0.15) is 0 Å². The standard InChI is InChI=1S/C8H12O3/c1-3-10-8(9)6(2)4-7-5-11-7/h4,7H,3,5H2,1-2H3/b6-4+/t7-/m0/s1. The zero-order valence-corrected chi connectivity index (χ0v) is 6.79. The molecule has 0 saturated carbocycles. The van der Waals surface area contributed by atoms with Gasteiger partial charge < -0.3 is 9.47 Å². The van der Waals surface area contributed by atoms with E-state index in [0.29, 0.717) is 12.2 Å². The summed E-state index contributed by atoms with van der Waals surface area (Å²) in [5.74, 6) is -0.247. The number of epoxide rings is 1. The van der Waals surface area contributed by atoms with Crippen molar-refractivity contribution in [3.63, 3.8) is 0 Å². The van der Waals surface area contributed by atoms with E-state index in [9.17, 15) is 4.79 Å². The molecule has 1 rings (SSSR count). The second-order valence-electron chi connectivity index (χ2n) is 2.44. The topological polar surface area (TPSA) is 38.8 Å². The first-order valence-electron chi connectivity index (χ1n) is 3.71. The van der Waals surface area contributed by atoms with Crippen LogP contribution in [0.1, 0.15) is 13.8 Å². The number of rotatable bonds is 3. The molecular formula is C8H12O3. The lowest BCUT2D eigenvalue weighted by molar-refractivity contribution is -0.138. The van der Waals surface area contributed by atoms with Crippen LogP contribution < -0.4 is 0 Å². The molecule has 3 nitrogen and oxygen atoms in total. The van der Waals surface area contributed by atoms with Gasteiger partial charge in [-0.2, -0.15) is 0 Å². The summed E-state index contributed by atoms with van der Waals surface area (Å²) in [6, 6.07) is 0. The maximum Gasteiger partial charge on any atom is 0.333 e. The van der Waals surface area contributed by atoms with Gasteiger partial charge in [-0.05, 0) is 19.9 Å². The van der Waals surface area contributed by atoms with Crippen LogP contribution in [0.4, 0.5) is 0 Å². The van der Waals surface area contributed by atoms with Gasteiger partial charge in [0.25, 0.3) is 0 Å². The Morgan fingerprint density at radius 2 is 2.45 bits per heavy atom. The molecule has 0 bridgehead atoms. The fourth-order valence-corrected chi connectivity index (χ4v) is 0.744. The van der Waals surface area contributed by atoms with E-state index in [1.165, 1.54) is 0 Å². The molecule has 0 N–H and O–H groups in total. The van der Waals surface area contributed by atoms with Gasteiger partial charge in [-0.15, -0.1) is 0 Å². The molecule has 0 aromatic heterocycles. The molecule has 1 fully saturated rings. The molecule has 0 spiro atoms. The average molecular weight is 156 g/mol. The minimum atomic E-state index is -0.247.